The van der Waals surface area contributed by atoms with E-state index in [-0.39, 0.29) is 0 Å². The maximum absolute atomic E-state index is 2.69. The van der Waals surface area contributed by atoms with Crippen molar-refractivity contribution in [2.24, 2.45) is 0 Å². The molecule has 3 heterocycles. The molecule has 1 aromatic carbocycles. The number of rotatable bonds is 2. The summed E-state index contributed by atoms with van der Waals surface area (Å²) < 4.78 is 2.38. The third kappa shape index (κ3) is 2.41. The Morgan fingerprint density at radius 3 is 2.82 bits per heavy atom. The van der Waals surface area contributed by atoms with Crippen LogP contribution in [0.5, 0.6) is 0 Å². The predicted octanol–water partition coefficient (Wildman–Crippen LogP) is 4.24. The smallest absolute Gasteiger partial charge is 0.0709 e. The van der Waals surface area contributed by atoms with Gasteiger partial charge < -0.3 is 9.47 Å². The third-order valence-electron chi connectivity index (χ3n) is 5.46. The zero-order chi connectivity index (χ0) is 15.1. The lowest BCUT2D eigenvalue weighted by Crippen LogP contribution is -2.52. The molecule has 1 aromatic heterocycles. The van der Waals surface area contributed by atoms with Gasteiger partial charge in [0.25, 0.3) is 0 Å². The Balaban J connectivity index is 1.62. The summed E-state index contributed by atoms with van der Waals surface area (Å²) in [6.45, 7) is 8.11. The van der Waals surface area contributed by atoms with Gasteiger partial charge in [0.15, 0.2) is 0 Å². The van der Waals surface area contributed by atoms with Crippen LogP contribution in [0.1, 0.15) is 45.6 Å². The minimum atomic E-state index is 0.514. The predicted molar refractivity (Wildman–Crippen MR) is 93.5 cm³/mol. The van der Waals surface area contributed by atoms with E-state index in [4.69, 9.17) is 0 Å². The summed E-state index contributed by atoms with van der Waals surface area (Å²) in [5.74, 6) is 0. The number of fused-ring (bicyclic) bond motifs is 2. The molecule has 0 radical (unpaired) electrons. The number of benzene rings is 1. The van der Waals surface area contributed by atoms with E-state index in [2.05, 4.69) is 58.7 Å². The fraction of sp³-hybridized carbons (Fsp3) is 0.579. The van der Waals surface area contributed by atoms with Crippen molar-refractivity contribution in [1.29, 1.82) is 0 Å². The Morgan fingerprint density at radius 2 is 1.95 bits per heavy atom. The van der Waals surface area contributed by atoms with Gasteiger partial charge in [-0.1, -0.05) is 12.5 Å². The summed E-state index contributed by atoms with van der Waals surface area (Å²) >= 11 is 0. The number of hydrogen-bond acceptors (Lipinski definition) is 2. The second-order valence-corrected chi connectivity index (χ2v) is 7.22. The maximum Gasteiger partial charge on any atom is 0.0709 e. The standard InChI is InChI=1S/C19H27N3/c1-15(2)22-12-8-16-6-7-18(13-19(16)22)21-11-9-17-5-3-4-10-20(17)14-21/h6-8,12-13,15,17H,3-5,9-11,14H2,1-2H3. The average Bonchev–Trinajstić information content (AvgIpc) is 2.97. The highest BCUT2D eigenvalue weighted by molar-refractivity contribution is 5.84. The van der Waals surface area contributed by atoms with Crippen LogP contribution >= 0.6 is 0 Å². The molecule has 0 amide bonds. The first-order valence-corrected chi connectivity index (χ1v) is 8.82. The van der Waals surface area contributed by atoms with E-state index in [0.29, 0.717) is 6.04 Å². The van der Waals surface area contributed by atoms with E-state index in [0.717, 1.165) is 12.7 Å². The lowest BCUT2D eigenvalue weighted by molar-refractivity contribution is 0.118. The minimum Gasteiger partial charge on any atom is -0.358 e. The van der Waals surface area contributed by atoms with Gasteiger partial charge in [-0.05, 0) is 56.7 Å². The molecule has 3 nitrogen and oxygen atoms in total. The summed E-state index contributed by atoms with van der Waals surface area (Å²) in [5.41, 5.74) is 2.75. The van der Waals surface area contributed by atoms with E-state index in [9.17, 15) is 0 Å². The van der Waals surface area contributed by atoms with Gasteiger partial charge in [0.1, 0.15) is 0 Å². The zero-order valence-corrected chi connectivity index (χ0v) is 13.8. The van der Waals surface area contributed by atoms with Crippen molar-refractivity contribution in [3.8, 4) is 0 Å². The Hall–Kier alpha value is -1.48. The van der Waals surface area contributed by atoms with Crippen LogP contribution in [-0.4, -0.2) is 35.3 Å². The molecule has 1 unspecified atom stereocenters. The van der Waals surface area contributed by atoms with Gasteiger partial charge in [0, 0.05) is 37.1 Å². The van der Waals surface area contributed by atoms with Gasteiger partial charge in [-0.15, -0.1) is 0 Å². The zero-order valence-electron chi connectivity index (χ0n) is 13.8. The van der Waals surface area contributed by atoms with E-state index in [1.165, 1.54) is 55.4 Å². The second-order valence-electron chi connectivity index (χ2n) is 7.22. The van der Waals surface area contributed by atoms with E-state index >= 15 is 0 Å². The fourth-order valence-electron chi connectivity index (χ4n) is 4.16. The first-order chi connectivity index (χ1) is 10.7. The largest absolute Gasteiger partial charge is 0.358 e. The number of hydrogen-bond donors (Lipinski definition) is 0. The highest BCUT2D eigenvalue weighted by Gasteiger charge is 2.28. The molecule has 2 aromatic rings. The van der Waals surface area contributed by atoms with Gasteiger partial charge in [-0.3, -0.25) is 4.90 Å². The molecule has 118 valence electrons. The van der Waals surface area contributed by atoms with Crippen LogP contribution in [0.15, 0.2) is 30.5 Å². The first kappa shape index (κ1) is 14.1. The molecule has 0 aliphatic carbocycles. The van der Waals surface area contributed by atoms with Crippen molar-refractivity contribution in [2.45, 2.75) is 51.6 Å². The SMILES string of the molecule is CC(C)n1ccc2ccc(N3CCC4CCCCN4C3)cc21. The van der Waals surface area contributed by atoms with E-state index < -0.39 is 0 Å². The lowest BCUT2D eigenvalue weighted by atomic mass is 9.97. The van der Waals surface area contributed by atoms with Crippen LogP contribution in [0.3, 0.4) is 0 Å². The van der Waals surface area contributed by atoms with Crippen LogP contribution in [0.25, 0.3) is 10.9 Å². The van der Waals surface area contributed by atoms with Crippen LogP contribution in [0.4, 0.5) is 5.69 Å². The van der Waals surface area contributed by atoms with Gasteiger partial charge in [0.2, 0.25) is 0 Å². The summed E-state index contributed by atoms with van der Waals surface area (Å²) in [6, 6.07) is 10.6. The van der Waals surface area contributed by atoms with E-state index in [1.807, 2.05) is 0 Å². The molecule has 3 heteroatoms. The fourth-order valence-corrected chi connectivity index (χ4v) is 4.16. The third-order valence-corrected chi connectivity index (χ3v) is 5.46. The molecule has 0 spiro atoms. The van der Waals surface area contributed by atoms with Crippen molar-refractivity contribution < 1.29 is 0 Å². The summed E-state index contributed by atoms with van der Waals surface area (Å²) in [4.78, 5) is 5.26. The van der Waals surface area contributed by atoms with Crippen LogP contribution in [0.2, 0.25) is 0 Å². The van der Waals surface area contributed by atoms with E-state index in [1.54, 1.807) is 0 Å². The highest BCUT2D eigenvalue weighted by Crippen LogP contribution is 2.30. The Kier molecular flexibility index (Phi) is 3.61. The second kappa shape index (κ2) is 5.62. The molecule has 0 N–H and O–H groups in total. The lowest BCUT2D eigenvalue weighted by Gasteiger charge is -2.45. The van der Waals surface area contributed by atoms with Gasteiger partial charge in [-0.2, -0.15) is 0 Å². The molecule has 1 atom stereocenters. The molecule has 22 heavy (non-hydrogen) atoms. The van der Waals surface area contributed by atoms with Crippen molar-refractivity contribution in [1.82, 2.24) is 9.47 Å². The van der Waals surface area contributed by atoms with Crippen LogP contribution < -0.4 is 4.90 Å². The number of piperidine rings is 1. The highest BCUT2D eigenvalue weighted by atomic mass is 15.3. The number of nitrogens with zero attached hydrogens (tertiary/aromatic N) is 3. The molecular weight excluding hydrogens is 270 g/mol. The van der Waals surface area contributed by atoms with Crippen LogP contribution in [-0.2, 0) is 0 Å². The Morgan fingerprint density at radius 1 is 1.05 bits per heavy atom. The molecule has 0 bridgehead atoms. The van der Waals surface area contributed by atoms with Crippen molar-refractivity contribution in [2.75, 3.05) is 24.7 Å². The molecule has 2 fully saturated rings. The Labute approximate surface area is 133 Å². The number of aromatic nitrogens is 1. The summed E-state index contributed by atoms with van der Waals surface area (Å²) in [6.07, 6.45) is 7.75. The summed E-state index contributed by atoms with van der Waals surface area (Å²) in [5, 5.41) is 1.35. The van der Waals surface area contributed by atoms with Gasteiger partial charge in [0.05, 0.1) is 12.2 Å². The van der Waals surface area contributed by atoms with Crippen molar-refractivity contribution in [3.63, 3.8) is 0 Å². The molecule has 2 aliphatic heterocycles. The average molecular weight is 297 g/mol. The van der Waals surface area contributed by atoms with Gasteiger partial charge in [-0.25, -0.2) is 0 Å². The molecular formula is C19H27N3. The normalized spacial score (nSPS) is 23.2. The van der Waals surface area contributed by atoms with Crippen LogP contribution in [0, 0.1) is 0 Å². The Bertz CT molecular complexity index is 658. The molecule has 0 saturated carbocycles. The van der Waals surface area contributed by atoms with Crippen molar-refractivity contribution >= 4 is 16.6 Å². The maximum atomic E-state index is 2.69. The monoisotopic (exact) mass is 297 g/mol. The molecule has 2 saturated heterocycles. The first-order valence-electron chi connectivity index (χ1n) is 8.82. The molecule has 4 rings (SSSR count). The topological polar surface area (TPSA) is 11.4 Å². The quantitative estimate of drug-likeness (QED) is 0.821. The molecule has 2 aliphatic rings. The minimum absolute atomic E-state index is 0.514. The van der Waals surface area contributed by atoms with Gasteiger partial charge >= 0.3 is 0 Å². The number of anilines is 1. The van der Waals surface area contributed by atoms with Crippen molar-refractivity contribution in [3.05, 3.63) is 30.5 Å². The summed E-state index contributed by atoms with van der Waals surface area (Å²) in [7, 11) is 0.